The molecule has 0 aliphatic heterocycles. The highest BCUT2D eigenvalue weighted by Gasteiger charge is 2.40. The van der Waals surface area contributed by atoms with Crippen molar-refractivity contribution in [2.75, 3.05) is 7.11 Å². The van der Waals surface area contributed by atoms with Crippen molar-refractivity contribution in [3.63, 3.8) is 0 Å². The summed E-state index contributed by atoms with van der Waals surface area (Å²) in [5.74, 6) is -3.18. The van der Waals surface area contributed by atoms with Crippen LogP contribution >= 0.6 is 0 Å². The first kappa shape index (κ1) is 22.8. The summed E-state index contributed by atoms with van der Waals surface area (Å²) >= 11 is 0. The van der Waals surface area contributed by atoms with E-state index < -0.39 is 30.0 Å². The number of esters is 1. The number of carboxylic acid groups (broad SMARTS) is 1. The van der Waals surface area contributed by atoms with Crippen LogP contribution < -0.4 is 4.57 Å². The highest BCUT2D eigenvalue weighted by Crippen LogP contribution is 2.29. The maximum absolute atomic E-state index is 12.5. The van der Waals surface area contributed by atoms with Gasteiger partial charge in [0.25, 0.3) is 0 Å². The molecule has 28 heavy (non-hydrogen) atoms. The molecule has 2 aromatic heterocycles. The monoisotopic (exact) mass is 412 g/mol. The van der Waals surface area contributed by atoms with Crippen molar-refractivity contribution >= 4 is 11.9 Å². The summed E-state index contributed by atoms with van der Waals surface area (Å²) in [6, 6.07) is 3.92. The van der Waals surface area contributed by atoms with Crippen molar-refractivity contribution in [3.8, 4) is 11.1 Å². The fraction of sp³-hybridized carbons (Fsp3) is 0.267. The van der Waals surface area contributed by atoms with Gasteiger partial charge in [0.1, 0.15) is 0 Å². The summed E-state index contributed by atoms with van der Waals surface area (Å²) in [7, 11) is 0.676. The van der Waals surface area contributed by atoms with Crippen molar-refractivity contribution in [2.45, 2.75) is 18.9 Å². The first-order valence-corrected chi connectivity index (χ1v) is 7.11. The Kier molecular flexibility index (Phi) is 7.41. The first-order chi connectivity index (χ1) is 12.8. The van der Waals surface area contributed by atoms with Gasteiger partial charge in [0, 0.05) is 17.7 Å². The Labute approximate surface area is 153 Å². The number of carboxylic acids is 1. The Morgan fingerprint density at radius 3 is 2.07 bits per heavy atom. The van der Waals surface area contributed by atoms with Gasteiger partial charge < -0.3 is 9.84 Å². The quantitative estimate of drug-likeness (QED) is 0.472. The summed E-state index contributed by atoms with van der Waals surface area (Å²) in [6.07, 6.45) is -5.25. The summed E-state index contributed by atoms with van der Waals surface area (Å²) < 4.78 is 75.2. The molecule has 0 aromatic carbocycles. The van der Waals surface area contributed by atoms with Crippen molar-refractivity contribution in [1.29, 1.82) is 0 Å². The third kappa shape index (κ3) is 7.17. The van der Waals surface area contributed by atoms with Crippen molar-refractivity contribution in [2.24, 2.45) is 0 Å². The molecule has 7 nitrogen and oxygen atoms in total. The van der Waals surface area contributed by atoms with Gasteiger partial charge in [-0.15, -0.1) is 5.10 Å². The van der Waals surface area contributed by atoms with E-state index in [0.29, 0.717) is 12.7 Å². The molecule has 2 rings (SSSR count). The van der Waals surface area contributed by atoms with Crippen LogP contribution in [0.25, 0.3) is 11.1 Å². The van der Waals surface area contributed by atoms with E-state index in [2.05, 4.69) is 14.9 Å². The first-order valence-electron chi connectivity index (χ1n) is 7.11. The average molecular weight is 412 g/mol. The Balaban J connectivity index is 0.000000416. The van der Waals surface area contributed by atoms with Gasteiger partial charge in [-0.3, -0.25) is 0 Å². The molecule has 1 N–H and O–H groups in total. The average Bonchev–Trinajstić information content (AvgIpc) is 2.60. The van der Waals surface area contributed by atoms with Crippen LogP contribution in [0, 0.1) is 0 Å². The molecule has 0 fully saturated rings. The van der Waals surface area contributed by atoms with Gasteiger partial charge in [-0.1, -0.05) is 0 Å². The van der Waals surface area contributed by atoms with Gasteiger partial charge in [0.05, 0.1) is 13.3 Å². The van der Waals surface area contributed by atoms with Crippen LogP contribution in [0.15, 0.2) is 36.8 Å². The summed E-state index contributed by atoms with van der Waals surface area (Å²) in [5.41, 5.74) is -0.320. The van der Waals surface area contributed by atoms with Gasteiger partial charge in [-0.05, 0) is 11.6 Å². The van der Waals surface area contributed by atoms with Crippen LogP contribution in [0.4, 0.5) is 26.3 Å². The van der Waals surface area contributed by atoms with E-state index in [1.54, 1.807) is 0 Å². The second-order valence-corrected chi connectivity index (χ2v) is 4.97. The number of carbonyl (C=O) groups excluding carboxylic acids is 1. The van der Waals surface area contributed by atoms with E-state index in [9.17, 15) is 35.9 Å². The van der Waals surface area contributed by atoms with Gasteiger partial charge in [-0.2, -0.15) is 36.0 Å². The number of ether oxygens (including phenoxy) is 1. The molecule has 0 aliphatic rings. The number of methoxy groups -OCH3 is 1. The molecule has 0 spiro atoms. The number of halogens is 6. The molecule has 0 radical (unpaired) electrons. The Bertz CT molecular complexity index is 822. The number of alkyl halides is 6. The molecule has 2 aromatic rings. The lowest BCUT2D eigenvalue weighted by Crippen LogP contribution is -2.36. The van der Waals surface area contributed by atoms with E-state index in [-0.39, 0.29) is 12.1 Å². The molecule has 0 bridgehead atoms. The van der Waals surface area contributed by atoms with E-state index in [1.165, 1.54) is 35.3 Å². The number of aliphatic carboxylic acids is 1. The molecule has 0 aliphatic carbocycles. The third-order valence-electron chi connectivity index (χ3n) is 2.90. The summed E-state index contributed by atoms with van der Waals surface area (Å²) in [6.45, 7) is -0.220. The lowest BCUT2D eigenvalue weighted by atomic mass is 10.1. The second-order valence-electron chi connectivity index (χ2n) is 4.97. The van der Waals surface area contributed by atoms with Gasteiger partial charge in [0.2, 0.25) is 6.54 Å². The predicted molar refractivity (Wildman–Crippen MR) is 78.4 cm³/mol. The number of carbonyl (C=O) groups is 2. The van der Waals surface area contributed by atoms with Gasteiger partial charge in [-0.25, -0.2) is 9.59 Å². The van der Waals surface area contributed by atoms with Crippen LogP contribution in [0.1, 0.15) is 5.69 Å². The van der Waals surface area contributed by atoms with Crippen LogP contribution in [-0.2, 0) is 27.0 Å². The Morgan fingerprint density at radius 1 is 1.11 bits per heavy atom. The van der Waals surface area contributed by atoms with Gasteiger partial charge in [0.15, 0.2) is 18.1 Å². The SMILES string of the molecule is COC(=O)C(F)(F)F.O=C(O)C[n+]1ccc(-c2cnnc(C(F)(F)F)c2)cc1. The molecule has 13 heteroatoms. The minimum Gasteiger partial charge on any atom is -0.477 e. The van der Waals surface area contributed by atoms with Crippen molar-refractivity contribution < 1.29 is 50.3 Å². The van der Waals surface area contributed by atoms with E-state index >= 15 is 0 Å². The number of hydrogen-bond acceptors (Lipinski definition) is 5. The molecule has 0 saturated heterocycles. The zero-order valence-electron chi connectivity index (χ0n) is 14.0. The molecule has 0 unspecified atom stereocenters. The molecule has 0 atom stereocenters. The Hall–Kier alpha value is -3.25. The number of hydrogen-bond donors (Lipinski definition) is 1. The van der Waals surface area contributed by atoms with Crippen LogP contribution in [0.5, 0.6) is 0 Å². The zero-order valence-corrected chi connectivity index (χ0v) is 14.0. The van der Waals surface area contributed by atoms with Gasteiger partial charge >= 0.3 is 24.3 Å². The van der Waals surface area contributed by atoms with E-state index in [0.717, 1.165) is 6.07 Å². The summed E-state index contributed by atoms with van der Waals surface area (Å²) in [5, 5.41) is 15.0. The fourth-order valence-corrected chi connectivity index (χ4v) is 1.69. The minimum atomic E-state index is -4.85. The predicted octanol–water partition coefficient (Wildman–Crippen LogP) is 2.26. The smallest absolute Gasteiger partial charge is 0.477 e. The number of nitrogens with zero attached hydrogens (tertiary/aromatic N) is 3. The van der Waals surface area contributed by atoms with Crippen molar-refractivity contribution in [1.82, 2.24) is 10.2 Å². The molecule has 152 valence electrons. The standard InChI is InChI=1S/C12H8F3N3O2.C3H3F3O2/c13-12(14,15)10-5-9(6-16-17-10)8-1-3-18(4-2-8)7-11(19)20;1-8-2(7)3(4,5)6/h1-6H,7H2;1H3/p+1. The maximum atomic E-state index is 12.5. The zero-order chi connectivity index (χ0) is 21.5. The highest BCUT2D eigenvalue weighted by atomic mass is 19.4. The minimum absolute atomic E-state index is 0.220. The Morgan fingerprint density at radius 2 is 1.68 bits per heavy atom. The van der Waals surface area contributed by atoms with E-state index in [4.69, 9.17) is 5.11 Å². The molecular formula is C15H12F6N3O4+. The maximum Gasteiger partial charge on any atom is 0.490 e. The number of aromatic nitrogens is 3. The fourth-order valence-electron chi connectivity index (χ4n) is 1.69. The van der Waals surface area contributed by atoms with Crippen LogP contribution in [0.2, 0.25) is 0 Å². The van der Waals surface area contributed by atoms with Crippen molar-refractivity contribution in [3.05, 3.63) is 42.5 Å². The molecule has 0 amide bonds. The topological polar surface area (TPSA) is 93.3 Å². The molecule has 2 heterocycles. The van der Waals surface area contributed by atoms with E-state index in [1.807, 2.05) is 0 Å². The summed E-state index contributed by atoms with van der Waals surface area (Å²) in [4.78, 5) is 20.0. The lowest BCUT2D eigenvalue weighted by Gasteiger charge is -2.06. The normalized spacial score (nSPS) is 11.2. The number of rotatable bonds is 3. The van der Waals surface area contributed by atoms with Crippen LogP contribution in [0.3, 0.4) is 0 Å². The van der Waals surface area contributed by atoms with Crippen LogP contribution in [-0.4, -0.2) is 40.5 Å². The lowest BCUT2D eigenvalue weighted by molar-refractivity contribution is -0.685. The molecular weight excluding hydrogens is 400 g/mol. The largest absolute Gasteiger partial charge is 0.490 e. The number of pyridine rings is 1. The second kappa shape index (κ2) is 9.10. The third-order valence-corrected chi connectivity index (χ3v) is 2.90. The highest BCUT2D eigenvalue weighted by molar-refractivity contribution is 5.75. The molecule has 0 saturated carbocycles.